The molecule has 0 saturated carbocycles. The van der Waals surface area contributed by atoms with E-state index in [9.17, 15) is 0 Å². The van der Waals surface area contributed by atoms with Gasteiger partial charge in [0.05, 0.1) is 13.7 Å². The second-order valence-electron chi connectivity index (χ2n) is 4.32. The van der Waals surface area contributed by atoms with E-state index in [1.54, 1.807) is 14.2 Å². The van der Waals surface area contributed by atoms with Gasteiger partial charge in [-0.25, -0.2) is 0 Å². The summed E-state index contributed by atoms with van der Waals surface area (Å²) in [4.78, 5) is 0. The van der Waals surface area contributed by atoms with Gasteiger partial charge in [-0.05, 0) is 37.2 Å². The number of nitrogens with one attached hydrogen (secondary N) is 2. The number of ether oxygens (including phenoxy) is 2. The van der Waals surface area contributed by atoms with E-state index in [0.717, 1.165) is 18.7 Å². The highest BCUT2D eigenvalue weighted by molar-refractivity contribution is 7.80. The number of hydrogen-bond acceptors (Lipinski definition) is 3. The van der Waals surface area contributed by atoms with E-state index in [0.29, 0.717) is 11.7 Å². The monoisotopic (exact) mass is 282 g/mol. The van der Waals surface area contributed by atoms with Crippen LogP contribution in [0.2, 0.25) is 0 Å². The van der Waals surface area contributed by atoms with Gasteiger partial charge in [-0.2, -0.15) is 0 Å². The zero-order valence-corrected chi connectivity index (χ0v) is 12.5. The molecule has 0 amide bonds. The van der Waals surface area contributed by atoms with Gasteiger partial charge in [0.25, 0.3) is 0 Å². The molecule has 2 N–H and O–H groups in total. The lowest BCUT2D eigenvalue weighted by Crippen LogP contribution is -2.43. The summed E-state index contributed by atoms with van der Waals surface area (Å²) in [6, 6.07) is 8.21. The molecule has 0 saturated heterocycles. The van der Waals surface area contributed by atoms with Crippen LogP contribution in [0.5, 0.6) is 5.75 Å². The quantitative estimate of drug-likeness (QED) is 0.746. The van der Waals surface area contributed by atoms with E-state index in [1.807, 2.05) is 25.1 Å². The predicted octanol–water partition coefficient (Wildman–Crippen LogP) is 1.74. The highest BCUT2D eigenvalue weighted by Gasteiger charge is 2.04. The van der Waals surface area contributed by atoms with Crippen LogP contribution in [-0.4, -0.2) is 38.5 Å². The van der Waals surface area contributed by atoms with Crippen LogP contribution in [0, 0.1) is 0 Å². The molecule has 0 aliphatic carbocycles. The molecule has 5 heteroatoms. The van der Waals surface area contributed by atoms with E-state index < -0.39 is 0 Å². The molecule has 1 unspecified atom stereocenters. The Kier molecular flexibility index (Phi) is 7.22. The molecule has 1 aromatic rings. The van der Waals surface area contributed by atoms with E-state index >= 15 is 0 Å². The number of methoxy groups -OCH3 is 2. The minimum Gasteiger partial charge on any atom is -0.496 e. The van der Waals surface area contributed by atoms with Crippen LogP contribution in [-0.2, 0) is 11.2 Å². The van der Waals surface area contributed by atoms with Crippen molar-refractivity contribution in [3.05, 3.63) is 29.8 Å². The average Bonchev–Trinajstić information content (AvgIpc) is 2.39. The van der Waals surface area contributed by atoms with Crippen LogP contribution in [0.25, 0.3) is 0 Å². The minimum atomic E-state index is 0.205. The first kappa shape index (κ1) is 15.7. The highest BCUT2D eigenvalue weighted by Crippen LogP contribution is 2.17. The summed E-state index contributed by atoms with van der Waals surface area (Å²) in [6.07, 6.45) is 0.866. The molecule has 0 aliphatic rings. The smallest absolute Gasteiger partial charge is 0.166 e. The summed E-state index contributed by atoms with van der Waals surface area (Å²) in [7, 11) is 3.36. The summed E-state index contributed by atoms with van der Waals surface area (Å²) in [6.45, 7) is 3.43. The zero-order valence-electron chi connectivity index (χ0n) is 11.7. The van der Waals surface area contributed by atoms with Crippen LogP contribution >= 0.6 is 12.2 Å². The topological polar surface area (TPSA) is 42.5 Å². The fourth-order valence-electron chi connectivity index (χ4n) is 1.79. The van der Waals surface area contributed by atoms with Crippen LogP contribution in [0.1, 0.15) is 12.5 Å². The molecule has 1 aromatic carbocycles. The third kappa shape index (κ3) is 5.89. The Morgan fingerprint density at radius 3 is 2.74 bits per heavy atom. The summed E-state index contributed by atoms with van der Waals surface area (Å²) in [5, 5.41) is 6.99. The van der Waals surface area contributed by atoms with Crippen molar-refractivity contribution in [3.8, 4) is 5.75 Å². The van der Waals surface area contributed by atoms with Crippen molar-refractivity contribution in [2.24, 2.45) is 0 Å². The normalized spacial score (nSPS) is 11.7. The van der Waals surface area contributed by atoms with E-state index in [-0.39, 0.29) is 6.04 Å². The Labute approximate surface area is 120 Å². The standard InChI is InChI=1S/C14H22N2O2S/c1-11(10-17-2)16-14(19)15-9-8-12-6-4-5-7-13(12)18-3/h4-7,11H,8-10H2,1-3H3,(H2,15,16,19). The molecule has 0 spiro atoms. The third-order valence-corrected chi connectivity index (χ3v) is 2.93. The van der Waals surface area contributed by atoms with Crippen molar-refractivity contribution in [2.75, 3.05) is 27.4 Å². The molecule has 0 fully saturated rings. The third-order valence-electron chi connectivity index (χ3n) is 2.67. The number of benzene rings is 1. The van der Waals surface area contributed by atoms with Gasteiger partial charge in [0.15, 0.2) is 5.11 Å². The van der Waals surface area contributed by atoms with Gasteiger partial charge in [-0.15, -0.1) is 0 Å². The van der Waals surface area contributed by atoms with Gasteiger partial charge in [0.2, 0.25) is 0 Å². The van der Waals surface area contributed by atoms with Crippen molar-refractivity contribution >= 4 is 17.3 Å². The number of rotatable bonds is 7. The lowest BCUT2D eigenvalue weighted by molar-refractivity contribution is 0.179. The molecule has 0 bridgehead atoms. The maximum Gasteiger partial charge on any atom is 0.166 e. The molecule has 0 aliphatic heterocycles. The maximum atomic E-state index is 5.31. The Morgan fingerprint density at radius 2 is 2.05 bits per heavy atom. The first-order chi connectivity index (χ1) is 9.17. The molecular weight excluding hydrogens is 260 g/mol. The zero-order chi connectivity index (χ0) is 14.1. The summed E-state index contributed by atoms with van der Waals surface area (Å²) in [5.74, 6) is 0.913. The fraction of sp³-hybridized carbons (Fsp3) is 0.500. The molecule has 1 atom stereocenters. The molecular formula is C14H22N2O2S. The van der Waals surface area contributed by atoms with Crippen LogP contribution in [0.15, 0.2) is 24.3 Å². The molecule has 0 heterocycles. The molecule has 1 rings (SSSR count). The average molecular weight is 282 g/mol. The van der Waals surface area contributed by atoms with E-state index in [2.05, 4.69) is 16.7 Å². The fourth-order valence-corrected chi connectivity index (χ4v) is 2.09. The second kappa shape index (κ2) is 8.72. The molecule has 19 heavy (non-hydrogen) atoms. The number of para-hydroxylation sites is 1. The van der Waals surface area contributed by atoms with Crippen molar-refractivity contribution in [2.45, 2.75) is 19.4 Å². The Morgan fingerprint density at radius 1 is 1.32 bits per heavy atom. The van der Waals surface area contributed by atoms with Gasteiger partial charge in [-0.3, -0.25) is 0 Å². The summed E-state index contributed by atoms with van der Waals surface area (Å²) in [5.41, 5.74) is 1.17. The van der Waals surface area contributed by atoms with E-state index in [4.69, 9.17) is 21.7 Å². The van der Waals surface area contributed by atoms with Crippen LogP contribution < -0.4 is 15.4 Å². The number of thiocarbonyl (C=S) groups is 1. The highest BCUT2D eigenvalue weighted by atomic mass is 32.1. The first-order valence-electron chi connectivity index (χ1n) is 6.32. The van der Waals surface area contributed by atoms with E-state index in [1.165, 1.54) is 5.56 Å². The van der Waals surface area contributed by atoms with Crippen molar-refractivity contribution < 1.29 is 9.47 Å². The first-order valence-corrected chi connectivity index (χ1v) is 6.73. The van der Waals surface area contributed by atoms with Crippen LogP contribution in [0.4, 0.5) is 0 Å². The largest absolute Gasteiger partial charge is 0.496 e. The van der Waals surface area contributed by atoms with Gasteiger partial charge in [0, 0.05) is 19.7 Å². The Bertz CT molecular complexity index is 399. The molecule has 106 valence electrons. The van der Waals surface area contributed by atoms with Gasteiger partial charge in [0.1, 0.15) is 5.75 Å². The Balaban J connectivity index is 2.31. The molecule has 0 aromatic heterocycles. The number of hydrogen-bond donors (Lipinski definition) is 2. The predicted molar refractivity (Wildman–Crippen MR) is 81.8 cm³/mol. The van der Waals surface area contributed by atoms with Crippen molar-refractivity contribution in [3.63, 3.8) is 0 Å². The molecule has 0 radical (unpaired) electrons. The van der Waals surface area contributed by atoms with Crippen LogP contribution in [0.3, 0.4) is 0 Å². The lowest BCUT2D eigenvalue weighted by Gasteiger charge is -2.16. The van der Waals surface area contributed by atoms with Crippen molar-refractivity contribution in [1.82, 2.24) is 10.6 Å². The SMILES string of the molecule is COCC(C)NC(=S)NCCc1ccccc1OC. The summed E-state index contributed by atoms with van der Waals surface area (Å²) < 4.78 is 10.3. The van der Waals surface area contributed by atoms with Gasteiger partial charge < -0.3 is 20.1 Å². The van der Waals surface area contributed by atoms with Gasteiger partial charge >= 0.3 is 0 Å². The summed E-state index contributed by atoms with van der Waals surface area (Å²) >= 11 is 5.21. The molecule has 4 nitrogen and oxygen atoms in total. The maximum absolute atomic E-state index is 5.31. The van der Waals surface area contributed by atoms with Crippen molar-refractivity contribution in [1.29, 1.82) is 0 Å². The second-order valence-corrected chi connectivity index (χ2v) is 4.73. The minimum absolute atomic E-state index is 0.205. The lowest BCUT2D eigenvalue weighted by atomic mass is 10.1. The van der Waals surface area contributed by atoms with Gasteiger partial charge in [-0.1, -0.05) is 18.2 Å². The Hall–Kier alpha value is -1.33.